The molecule has 3 rings (SSSR count). The summed E-state index contributed by atoms with van der Waals surface area (Å²) in [6.07, 6.45) is 2.99. The summed E-state index contributed by atoms with van der Waals surface area (Å²) in [5, 5.41) is 2.73. The normalized spacial score (nSPS) is 12.5. The monoisotopic (exact) mass is 348 g/mol. The van der Waals surface area contributed by atoms with Crippen molar-refractivity contribution in [3.8, 4) is 0 Å². The van der Waals surface area contributed by atoms with Crippen LogP contribution in [0, 0.1) is 13.8 Å². The summed E-state index contributed by atoms with van der Waals surface area (Å²) in [6.45, 7) is 5.84. The van der Waals surface area contributed by atoms with Gasteiger partial charge in [-0.2, -0.15) is 0 Å². The van der Waals surface area contributed by atoms with E-state index >= 15 is 0 Å². The van der Waals surface area contributed by atoms with E-state index in [4.69, 9.17) is 0 Å². The van der Waals surface area contributed by atoms with E-state index in [1.54, 1.807) is 34.9 Å². The summed E-state index contributed by atoms with van der Waals surface area (Å²) in [6, 6.07) is -0.213. The third kappa shape index (κ3) is 2.68. The van der Waals surface area contributed by atoms with Crippen LogP contribution in [0.1, 0.15) is 38.9 Å². The molecule has 3 aromatic heterocycles. The maximum absolute atomic E-state index is 12.7. The van der Waals surface area contributed by atoms with Crippen LogP contribution < -0.4 is 5.56 Å². The molecule has 0 aliphatic carbocycles. The van der Waals surface area contributed by atoms with Gasteiger partial charge in [0.2, 0.25) is 0 Å². The number of rotatable bonds is 3. The van der Waals surface area contributed by atoms with Crippen LogP contribution in [0.25, 0.3) is 4.96 Å². The second-order valence-corrected chi connectivity index (χ2v) is 7.58. The minimum Gasteiger partial charge on any atom is -0.333 e. The molecule has 0 bridgehead atoms. The molecule has 0 saturated carbocycles. The molecule has 23 heavy (non-hydrogen) atoms. The predicted octanol–water partition coefficient (Wildman–Crippen LogP) is 2.66. The molecule has 0 fully saturated rings. The van der Waals surface area contributed by atoms with Crippen molar-refractivity contribution < 1.29 is 4.79 Å². The summed E-state index contributed by atoms with van der Waals surface area (Å²) in [4.78, 5) is 37.0. The number of thiazole rings is 2. The molecule has 1 atom stereocenters. The Morgan fingerprint density at radius 2 is 2.13 bits per heavy atom. The number of carbonyl (C=O) groups excluding carboxylic acids is 1. The number of aryl methyl sites for hydroxylation is 2. The Morgan fingerprint density at radius 3 is 2.78 bits per heavy atom. The summed E-state index contributed by atoms with van der Waals surface area (Å²) >= 11 is 2.96. The zero-order chi connectivity index (χ0) is 16.7. The van der Waals surface area contributed by atoms with Gasteiger partial charge >= 0.3 is 0 Å². The maximum atomic E-state index is 12.7. The highest BCUT2D eigenvalue weighted by atomic mass is 32.1. The second-order valence-electron chi connectivity index (χ2n) is 5.30. The number of fused-ring (bicyclic) bond motifs is 1. The van der Waals surface area contributed by atoms with Crippen molar-refractivity contribution in [2.45, 2.75) is 26.8 Å². The summed E-state index contributed by atoms with van der Waals surface area (Å²) in [5.41, 5.74) is 0.597. The lowest BCUT2D eigenvalue weighted by molar-refractivity contribution is 0.0737. The van der Waals surface area contributed by atoms with Crippen molar-refractivity contribution in [3.63, 3.8) is 0 Å². The first kappa shape index (κ1) is 15.8. The maximum Gasteiger partial charge on any atom is 0.271 e. The van der Waals surface area contributed by atoms with Crippen LogP contribution >= 0.6 is 22.7 Å². The van der Waals surface area contributed by atoms with Crippen molar-refractivity contribution in [1.29, 1.82) is 0 Å². The third-order valence-electron chi connectivity index (χ3n) is 3.81. The molecule has 0 radical (unpaired) electrons. The molecule has 0 aromatic carbocycles. The topological polar surface area (TPSA) is 67.6 Å². The molecule has 8 heteroatoms. The number of hydrogen-bond donors (Lipinski definition) is 0. The van der Waals surface area contributed by atoms with E-state index in [-0.39, 0.29) is 23.1 Å². The average Bonchev–Trinajstić information content (AvgIpc) is 3.12. The molecule has 0 saturated heterocycles. The fourth-order valence-electron chi connectivity index (χ4n) is 2.45. The lowest BCUT2D eigenvalue weighted by Crippen LogP contribution is -2.35. The van der Waals surface area contributed by atoms with Gasteiger partial charge in [-0.05, 0) is 20.8 Å². The van der Waals surface area contributed by atoms with Crippen LogP contribution in [0.15, 0.2) is 22.6 Å². The Hall–Kier alpha value is -2.06. The van der Waals surface area contributed by atoms with E-state index in [0.717, 1.165) is 15.6 Å². The van der Waals surface area contributed by atoms with Gasteiger partial charge in [-0.15, -0.1) is 22.7 Å². The Morgan fingerprint density at radius 1 is 1.39 bits per heavy atom. The summed E-state index contributed by atoms with van der Waals surface area (Å²) in [5.74, 6) is -0.347. The number of aromatic nitrogens is 3. The number of nitrogens with zero attached hydrogens (tertiary/aromatic N) is 4. The molecular weight excluding hydrogens is 332 g/mol. The van der Waals surface area contributed by atoms with Gasteiger partial charge in [-0.1, -0.05) is 0 Å². The first-order valence-corrected chi connectivity index (χ1v) is 8.75. The van der Waals surface area contributed by atoms with Crippen molar-refractivity contribution in [2.75, 3.05) is 7.05 Å². The standard InChI is InChI=1S/C15H16N4O2S2/c1-8(12-9(2)23-10(3)17-12)18(4)13(20)11-7-16-15-19(14(11)21)5-6-22-15/h5-8H,1-4H3/t8-/m0/s1. The molecule has 0 spiro atoms. The second kappa shape index (κ2) is 5.86. The van der Waals surface area contributed by atoms with E-state index in [0.29, 0.717) is 4.96 Å². The van der Waals surface area contributed by atoms with Crippen molar-refractivity contribution in [1.82, 2.24) is 19.3 Å². The highest BCUT2D eigenvalue weighted by Crippen LogP contribution is 2.26. The third-order valence-corrected chi connectivity index (χ3v) is 5.48. The summed E-state index contributed by atoms with van der Waals surface area (Å²) < 4.78 is 1.40. The van der Waals surface area contributed by atoms with E-state index in [1.165, 1.54) is 21.9 Å². The first-order valence-electron chi connectivity index (χ1n) is 7.06. The van der Waals surface area contributed by atoms with Gasteiger partial charge in [0, 0.05) is 29.7 Å². The van der Waals surface area contributed by atoms with Gasteiger partial charge in [0.05, 0.1) is 16.7 Å². The fourth-order valence-corrected chi connectivity index (χ4v) is 4.04. The van der Waals surface area contributed by atoms with Gasteiger partial charge in [-0.25, -0.2) is 9.97 Å². The molecular formula is C15H16N4O2S2. The Balaban J connectivity index is 1.96. The van der Waals surface area contributed by atoms with E-state index in [1.807, 2.05) is 20.8 Å². The molecule has 0 aliphatic heterocycles. The molecule has 3 aromatic rings. The minimum atomic E-state index is -0.347. The number of carbonyl (C=O) groups is 1. The Labute approximate surface area is 141 Å². The molecule has 1 amide bonds. The first-order chi connectivity index (χ1) is 10.9. The lowest BCUT2D eigenvalue weighted by Gasteiger charge is -2.24. The van der Waals surface area contributed by atoms with Gasteiger partial charge in [0.25, 0.3) is 11.5 Å². The SMILES string of the molecule is Cc1nc([C@H](C)N(C)C(=O)c2cnc3sccn3c2=O)c(C)s1. The van der Waals surface area contributed by atoms with Crippen LogP contribution in [0.2, 0.25) is 0 Å². The van der Waals surface area contributed by atoms with E-state index in [2.05, 4.69) is 9.97 Å². The lowest BCUT2D eigenvalue weighted by atomic mass is 10.1. The molecule has 0 N–H and O–H groups in total. The minimum absolute atomic E-state index is 0.0693. The molecule has 0 aliphatic rings. The predicted molar refractivity (Wildman–Crippen MR) is 91.4 cm³/mol. The van der Waals surface area contributed by atoms with Gasteiger partial charge in [0.15, 0.2) is 4.96 Å². The van der Waals surface area contributed by atoms with Gasteiger partial charge < -0.3 is 4.90 Å². The van der Waals surface area contributed by atoms with Crippen molar-refractivity contribution in [3.05, 3.63) is 49.3 Å². The molecule has 120 valence electrons. The number of amides is 1. The van der Waals surface area contributed by atoms with Crippen LogP contribution in [-0.4, -0.2) is 32.2 Å². The smallest absolute Gasteiger partial charge is 0.271 e. The highest BCUT2D eigenvalue weighted by molar-refractivity contribution is 7.15. The molecule has 6 nitrogen and oxygen atoms in total. The Kier molecular flexibility index (Phi) is 4.03. The largest absolute Gasteiger partial charge is 0.333 e. The van der Waals surface area contributed by atoms with Crippen LogP contribution in [0.4, 0.5) is 0 Å². The van der Waals surface area contributed by atoms with E-state index < -0.39 is 0 Å². The van der Waals surface area contributed by atoms with Crippen molar-refractivity contribution >= 4 is 33.5 Å². The van der Waals surface area contributed by atoms with Crippen LogP contribution in [0.5, 0.6) is 0 Å². The summed E-state index contributed by atoms with van der Waals surface area (Å²) in [7, 11) is 1.68. The number of hydrogen-bond acceptors (Lipinski definition) is 6. The van der Waals surface area contributed by atoms with Crippen LogP contribution in [0.3, 0.4) is 0 Å². The molecule has 0 unspecified atom stereocenters. The van der Waals surface area contributed by atoms with Crippen LogP contribution in [-0.2, 0) is 0 Å². The van der Waals surface area contributed by atoms with Crippen molar-refractivity contribution in [2.24, 2.45) is 0 Å². The fraction of sp³-hybridized carbons (Fsp3) is 0.333. The average molecular weight is 348 g/mol. The van der Waals surface area contributed by atoms with Gasteiger partial charge in [-0.3, -0.25) is 14.0 Å². The Bertz CT molecular complexity index is 940. The zero-order valence-electron chi connectivity index (χ0n) is 13.2. The zero-order valence-corrected chi connectivity index (χ0v) is 14.9. The van der Waals surface area contributed by atoms with E-state index in [9.17, 15) is 9.59 Å². The highest BCUT2D eigenvalue weighted by Gasteiger charge is 2.25. The molecule has 3 heterocycles. The van der Waals surface area contributed by atoms with Gasteiger partial charge in [0.1, 0.15) is 5.56 Å². The quantitative estimate of drug-likeness (QED) is 0.730.